The van der Waals surface area contributed by atoms with Gasteiger partial charge in [-0.1, -0.05) is 40.2 Å². The number of hydrogen-bond donors (Lipinski definition) is 2. The highest BCUT2D eigenvalue weighted by Crippen LogP contribution is 2.21. The van der Waals surface area contributed by atoms with Crippen molar-refractivity contribution in [3.8, 4) is 0 Å². The van der Waals surface area contributed by atoms with Crippen molar-refractivity contribution in [3.05, 3.63) is 64.1 Å². The number of nitrogens with one attached hydrogen (secondary N) is 1. The molecule has 0 aliphatic rings. The molecule has 4 heteroatoms. The van der Waals surface area contributed by atoms with Crippen LogP contribution < -0.4 is 5.32 Å². The first kappa shape index (κ1) is 15.0. The highest BCUT2D eigenvalue weighted by atomic mass is 79.9. The molecule has 1 unspecified atom stereocenters. The average molecular weight is 336 g/mol. The molecule has 2 aromatic carbocycles. The van der Waals surface area contributed by atoms with Gasteiger partial charge < -0.3 is 15.2 Å². The number of hydrogen-bond acceptors (Lipinski definition) is 3. The summed E-state index contributed by atoms with van der Waals surface area (Å²) in [6.07, 6.45) is 0. The summed E-state index contributed by atoms with van der Waals surface area (Å²) in [5, 5.41) is 12.9. The summed E-state index contributed by atoms with van der Waals surface area (Å²) in [6, 6.07) is 15.8. The second-order valence-corrected chi connectivity index (χ2v) is 5.48. The summed E-state index contributed by atoms with van der Waals surface area (Å²) in [4.78, 5) is 0. The van der Waals surface area contributed by atoms with Crippen LogP contribution in [0.15, 0.2) is 53.0 Å². The lowest BCUT2D eigenvalue weighted by Crippen LogP contribution is -2.14. The van der Waals surface area contributed by atoms with Gasteiger partial charge in [-0.25, -0.2) is 0 Å². The molecule has 0 heterocycles. The Labute approximate surface area is 127 Å². The molecule has 2 N–H and O–H groups in total. The van der Waals surface area contributed by atoms with Gasteiger partial charge in [0.1, 0.15) is 0 Å². The van der Waals surface area contributed by atoms with Crippen molar-refractivity contribution in [2.75, 3.05) is 19.0 Å². The van der Waals surface area contributed by atoms with Crippen LogP contribution in [-0.4, -0.2) is 18.8 Å². The van der Waals surface area contributed by atoms with Crippen LogP contribution in [0.1, 0.15) is 17.2 Å². The van der Waals surface area contributed by atoms with E-state index in [0.717, 1.165) is 21.3 Å². The third kappa shape index (κ3) is 4.07. The molecule has 0 aromatic heterocycles. The first-order valence-electron chi connectivity index (χ1n) is 6.43. The van der Waals surface area contributed by atoms with Gasteiger partial charge in [0.05, 0.1) is 19.3 Å². The third-order valence-corrected chi connectivity index (χ3v) is 3.59. The molecule has 3 nitrogen and oxygen atoms in total. The zero-order chi connectivity index (χ0) is 14.4. The molecule has 0 saturated carbocycles. The van der Waals surface area contributed by atoms with Crippen molar-refractivity contribution in [1.29, 1.82) is 0 Å². The molecule has 0 radical (unpaired) electrons. The maximum absolute atomic E-state index is 9.57. The van der Waals surface area contributed by atoms with Crippen molar-refractivity contribution in [2.24, 2.45) is 0 Å². The fourth-order valence-electron chi connectivity index (χ4n) is 1.99. The minimum atomic E-state index is -0.118. The lowest BCUT2D eigenvalue weighted by atomic mass is 10.1. The SMILES string of the molecule is COCc1ccc(C(CO)Nc2ccc(Br)cc2)cc1. The molecule has 0 spiro atoms. The van der Waals surface area contributed by atoms with Gasteiger partial charge in [0.15, 0.2) is 0 Å². The predicted octanol–water partition coefficient (Wildman–Crippen LogP) is 3.74. The summed E-state index contributed by atoms with van der Waals surface area (Å²) in [7, 11) is 1.68. The Bertz CT molecular complexity index is 525. The normalized spacial score (nSPS) is 12.2. The number of ether oxygens (including phenoxy) is 1. The van der Waals surface area contributed by atoms with E-state index in [1.54, 1.807) is 7.11 Å². The first-order valence-corrected chi connectivity index (χ1v) is 7.23. The third-order valence-electron chi connectivity index (χ3n) is 3.06. The largest absolute Gasteiger partial charge is 0.394 e. The highest BCUT2D eigenvalue weighted by Gasteiger charge is 2.10. The van der Waals surface area contributed by atoms with Crippen LogP contribution in [0.2, 0.25) is 0 Å². The Morgan fingerprint density at radius 1 is 1.10 bits per heavy atom. The number of halogens is 1. The zero-order valence-electron chi connectivity index (χ0n) is 11.3. The number of methoxy groups -OCH3 is 1. The summed E-state index contributed by atoms with van der Waals surface area (Å²) >= 11 is 3.41. The van der Waals surface area contributed by atoms with Crippen molar-refractivity contribution in [3.63, 3.8) is 0 Å². The Morgan fingerprint density at radius 3 is 2.30 bits per heavy atom. The molecule has 0 aliphatic carbocycles. The average Bonchev–Trinajstić information content (AvgIpc) is 2.48. The van der Waals surface area contributed by atoms with E-state index in [1.807, 2.05) is 48.5 Å². The predicted molar refractivity (Wildman–Crippen MR) is 84.7 cm³/mol. The molecule has 20 heavy (non-hydrogen) atoms. The molecular formula is C16H18BrNO2. The summed E-state index contributed by atoms with van der Waals surface area (Å²) in [5.41, 5.74) is 3.15. The van der Waals surface area contributed by atoms with Gasteiger partial charge in [0, 0.05) is 17.3 Å². The first-order chi connectivity index (χ1) is 9.72. The number of benzene rings is 2. The number of anilines is 1. The van der Waals surface area contributed by atoms with Gasteiger partial charge in [-0.2, -0.15) is 0 Å². The van der Waals surface area contributed by atoms with Crippen molar-refractivity contribution in [2.45, 2.75) is 12.6 Å². The Balaban J connectivity index is 2.09. The molecule has 1 atom stereocenters. The molecular weight excluding hydrogens is 318 g/mol. The topological polar surface area (TPSA) is 41.5 Å². The van der Waals surface area contributed by atoms with Crippen LogP contribution in [0.25, 0.3) is 0 Å². The van der Waals surface area contributed by atoms with Crippen LogP contribution in [0.5, 0.6) is 0 Å². The summed E-state index contributed by atoms with van der Waals surface area (Å²) in [5.74, 6) is 0. The smallest absolute Gasteiger partial charge is 0.0745 e. The Kier molecular flexibility index (Phi) is 5.59. The van der Waals surface area contributed by atoms with Crippen LogP contribution in [0, 0.1) is 0 Å². The number of rotatable bonds is 6. The molecule has 0 saturated heterocycles. The zero-order valence-corrected chi connectivity index (χ0v) is 12.9. The number of aliphatic hydroxyl groups excluding tert-OH is 1. The quantitative estimate of drug-likeness (QED) is 0.844. The van der Waals surface area contributed by atoms with E-state index in [0.29, 0.717) is 6.61 Å². The highest BCUT2D eigenvalue weighted by molar-refractivity contribution is 9.10. The molecule has 0 amide bonds. The summed E-state index contributed by atoms with van der Waals surface area (Å²) in [6.45, 7) is 0.643. The second-order valence-electron chi connectivity index (χ2n) is 4.56. The summed E-state index contributed by atoms with van der Waals surface area (Å²) < 4.78 is 6.13. The molecule has 0 aliphatic heterocycles. The van der Waals surface area contributed by atoms with Crippen LogP contribution in [-0.2, 0) is 11.3 Å². The molecule has 2 aromatic rings. The van der Waals surface area contributed by atoms with E-state index in [-0.39, 0.29) is 12.6 Å². The van der Waals surface area contributed by atoms with Crippen molar-refractivity contribution < 1.29 is 9.84 Å². The lowest BCUT2D eigenvalue weighted by molar-refractivity contribution is 0.185. The van der Waals surface area contributed by atoms with E-state index in [1.165, 1.54) is 0 Å². The van der Waals surface area contributed by atoms with Gasteiger partial charge in [-0.05, 0) is 35.4 Å². The van der Waals surface area contributed by atoms with Gasteiger partial charge in [-0.15, -0.1) is 0 Å². The van der Waals surface area contributed by atoms with Crippen LogP contribution in [0.3, 0.4) is 0 Å². The van der Waals surface area contributed by atoms with E-state index < -0.39 is 0 Å². The van der Waals surface area contributed by atoms with E-state index in [2.05, 4.69) is 21.2 Å². The van der Waals surface area contributed by atoms with E-state index >= 15 is 0 Å². The second kappa shape index (κ2) is 7.43. The maximum atomic E-state index is 9.57. The standard InChI is InChI=1S/C16H18BrNO2/c1-20-11-12-2-4-13(5-3-12)16(10-19)18-15-8-6-14(17)7-9-15/h2-9,16,18-19H,10-11H2,1H3. The Hall–Kier alpha value is -1.36. The van der Waals surface area contributed by atoms with Gasteiger partial charge in [0.2, 0.25) is 0 Å². The van der Waals surface area contributed by atoms with Gasteiger partial charge in [-0.3, -0.25) is 0 Å². The van der Waals surface area contributed by atoms with Crippen LogP contribution >= 0.6 is 15.9 Å². The van der Waals surface area contributed by atoms with Gasteiger partial charge >= 0.3 is 0 Å². The minimum Gasteiger partial charge on any atom is -0.394 e. The van der Waals surface area contributed by atoms with Crippen LogP contribution in [0.4, 0.5) is 5.69 Å². The molecule has 2 rings (SSSR count). The lowest BCUT2D eigenvalue weighted by Gasteiger charge is -2.18. The van der Waals surface area contributed by atoms with Gasteiger partial charge in [0.25, 0.3) is 0 Å². The minimum absolute atomic E-state index is 0.0414. The fraction of sp³-hybridized carbons (Fsp3) is 0.250. The van der Waals surface area contributed by atoms with Crippen molar-refractivity contribution >= 4 is 21.6 Å². The molecule has 106 valence electrons. The maximum Gasteiger partial charge on any atom is 0.0745 e. The monoisotopic (exact) mass is 335 g/mol. The fourth-order valence-corrected chi connectivity index (χ4v) is 2.26. The molecule has 0 fully saturated rings. The van der Waals surface area contributed by atoms with E-state index in [9.17, 15) is 5.11 Å². The molecule has 0 bridgehead atoms. The van der Waals surface area contributed by atoms with Crippen molar-refractivity contribution in [1.82, 2.24) is 0 Å². The Morgan fingerprint density at radius 2 is 1.75 bits per heavy atom. The van der Waals surface area contributed by atoms with E-state index in [4.69, 9.17) is 4.74 Å². The number of aliphatic hydroxyl groups is 1.